The van der Waals surface area contributed by atoms with E-state index in [0.717, 1.165) is 11.1 Å². The largest absolute Gasteiger partial charge is 0.496 e. The molecule has 0 aliphatic carbocycles. The van der Waals surface area contributed by atoms with Crippen LogP contribution in [0.4, 0.5) is 0 Å². The first kappa shape index (κ1) is 25.0. The summed E-state index contributed by atoms with van der Waals surface area (Å²) in [4.78, 5) is 11.5. The average Bonchev–Trinajstić information content (AvgIpc) is 2.86. The summed E-state index contributed by atoms with van der Waals surface area (Å²) in [6.07, 6.45) is 4.05. The molecule has 3 aromatic rings. The van der Waals surface area contributed by atoms with E-state index in [9.17, 15) is 15.0 Å². The van der Waals surface area contributed by atoms with Crippen LogP contribution in [-0.4, -0.2) is 42.5 Å². The van der Waals surface area contributed by atoms with Gasteiger partial charge in [-0.05, 0) is 53.8 Å². The van der Waals surface area contributed by atoms with Crippen molar-refractivity contribution in [2.75, 3.05) is 20.8 Å². The summed E-state index contributed by atoms with van der Waals surface area (Å²) in [5, 5.41) is 21.8. The number of aliphatic hydroxyl groups is 1. The van der Waals surface area contributed by atoms with Crippen molar-refractivity contribution >= 4 is 18.1 Å². The lowest BCUT2D eigenvalue weighted by Crippen LogP contribution is -2.52. The van der Waals surface area contributed by atoms with Crippen LogP contribution in [0, 0.1) is 6.92 Å². The number of carbonyl (C=O) groups is 1. The van der Waals surface area contributed by atoms with Crippen LogP contribution in [-0.2, 0) is 11.3 Å². The zero-order valence-corrected chi connectivity index (χ0v) is 20.0. The second kappa shape index (κ2) is 11.0. The number of aliphatic carboxylic acids is 1. The fourth-order valence-electron chi connectivity index (χ4n) is 3.71. The monoisotopic (exact) mass is 461 g/mol. The molecular weight excluding hydrogens is 430 g/mol. The van der Waals surface area contributed by atoms with E-state index < -0.39 is 18.1 Å². The van der Waals surface area contributed by atoms with Crippen LogP contribution in [0.25, 0.3) is 23.3 Å². The van der Waals surface area contributed by atoms with Crippen molar-refractivity contribution in [3.8, 4) is 22.6 Å². The molecule has 0 aromatic heterocycles. The van der Waals surface area contributed by atoms with Crippen molar-refractivity contribution in [1.82, 2.24) is 5.32 Å². The molecule has 1 atom stereocenters. The molecule has 0 radical (unpaired) electrons. The quantitative estimate of drug-likeness (QED) is 0.377. The molecule has 1 unspecified atom stereocenters. The fourth-order valence-corrected chi connectivity index (χ4v) is 3.71. The van der Waals surface area contributed by atoms with Gasteiger partial charge in [-0.3, -0.25) is 10.1 Å². The normalized spacial score (nSPS) is 13.0. The summed E-state index contributed by atoms with van der Waals surface area (Å²) < 4.78 is 11.2. The minimum absolute atomic E-state index is 0.151. The number of hydrogen-bond acceptors (Lipinski definition) is 5. The molecule has 0 bridgehead atoms. The first-order chi connectivity index (χ1) is 16.3. The SMILES string of the molecule is COc1cc(C=Cc2cccc(-c3ccccc3)c2C)cc(OC)c1CNC(C)(CO)C(=O)O. The molecule has 0 aliphatic rings. The van der Waals surface area contributed by atoms with Crippen LogP contribution >= 0.6 is 0 Å². The Labute approximate surface area is 200 Å². The van der Waals surface area contributed by atoms with Crippen LogP contribution in [0.3, 0.4) is 0 Å². The Morgan fingerprint density at radius 3 is 2.21 bits per heavy atom. The molecule has 178 valence electrons. The van der Waals surface area contributed by atoms with Gasteiger partial charge in [-0.15, -0.1) is 0 Å². The molecule has 0 saturated heterocycles. The Kier molecular flexibility index (Phi) is 8.10. The number of carboxylic acids is 1. The fraction of sp³-hybridized carbons (Fsp3) is 0.250. The Morgan fingerprint density at radius 2 is 1.65 bits per heavy atom. The molecule has 34 heavy (non-hydrogen) atoms. The molecule has 6 nitrogen and oxygen atoms in total. The van der Waals surface area contributed by atoms with Crippen LogP contribution in [0.2, 0.25) is 0 Å². The zero-order chi connectivity index (χ0) is 24.7. The molecule has 0 saturated carbocycles. The Bertz CT molecular complexity index is 1150. The van der Waals surface area contributed by atoms with Crippen LogP contribution < -0.4 is 14.8 Å². The van der Waals surface area contributed by atoms with Crippen molar-refractivity contribution < 1.29 is 24.5 Å². The third-order valence-electron chi connectivity index (χ3n) is 5.99. The topological polar surface area (TPSA) is 88.0 Å². The highest BCUT2D eigenvalue weighted by atomic mass is 16.5. The number of ether oxygens (including phenoxy) is 2. The van der Waals surface area contributed by atoms with Gasteiger partial charge < -0.3 is 19.7 Å². The predicted octanol–water partition coefficient (Wildman–Crippen LogP) is 4.77. The highest BCUT2D eigenvalue weighted by molar-refractivity contribution is 5.79. The minimum atomic E-state index is -1.48. The smallest absolute Gasteiger partial charge is 0.326 e. The predicted molar refractivity (Wildman–Crippen MR) is 135 cm³/mol. The number of benzene rings is 3. The van der Waals surface area contributed by atoms with Gasteiger partial charge in [0.2, 0.25) is 0 Å². The van der Waals surface area contributed by atoms with Crippen LogP contribution in [0.5, 0.6) is 11.5 Å². The van der Waals surface area contributed by atoms with E-state index >= 15 is 0 Å². The second-order valence-electron chi connectivity index (χ2n) is 8.27. The molecule has 0 fully saturated rings. The Morgan fingerprint density at radius 1 is 1.00 bits per heavy atom. The lowest BCUT2D eigenvalue weighted by atomic mass is 9.96. The maximum absolute atomic E-state index is 11.5. The number of nitrogens with one attached hydrogen (secondary N) is 1. The molecule has 0 heterocycles. The van der Waals surface area contributed by atoms with E-state index in [1.165, 1.54) is 23.6 Å². The standard InChI is InChI=1S/C28H31NO5/c1-19-21(11-8-12-23(19)22-9-6-5-7-10-22)14-13-20-15-25(33-3)24(26(16-20)34-4)17-29-28(2,18-30)27(31)32/h5-16,29-30H,17-18H2,1-4H3,(H,31,32). The average molecular weight is 462 g/mol. The summed E-state index contributed by atoms with van der Waals surface area (Å²) in [7, 11) is 3.11. The molecule has 6 heteroatoms. The molecule has 0 spiro atoms. The highest BCUT2D eigenvalue weighted by Gasteiger charge is 2.32. The van der Waals surface area contributed by atoms with Gasteiger partial charge in [-0.25, -0.2) is 0 Å². The van der Waals surface area contributed by atoms with E-state index in [0.29, 0.717) is 17.1 Å². The summed E-state index contributed by atoms with van der Waals surface area (Å²) in [6, 6.07) is 20.3. The first-order valence-electron chi connectivity index (χ1n) is 11.0. The molecule has 0 amide bonds. The molecule has 3 aromatic carbocycles. The molecule has 0 aliphatic heterocycles. The van der Waals surface area contributed by atoms with Crippen LogP contribution in [0.1, 0.15) is 29.2 Å². The van der Waals surface area contributed by atoms with Crippen LogP contribution in [0.15, 0.2) is 60.7 Å². The van der Waals surface area contributed by atoms with E-state index in [1.807, 2.05) is 42.5 Å². The first-order valence-corrected chi connectivity index (χ1v) is 11.0. The molecular formula is C28H31NO5. The molecule has 3 rings (SSSR count). The summed E-state index contributed by atoms with van der Waals surface area (Å²) in [5.74, 6) is -0.0144. The number of carboxylic acid groups (broad SMARTS) is 1. The summed E-state index contributed by atoms with van der Waals surface area (Å²) in [6.45, 7) is 3.14. The third-order valence-corrected chi connectivity index (χ3v) is 5.99. The zero-order valence-electron chi connectivity index (χ0n) is 20.0. The lowest BCUT2D eigenvalue weighted by molar-refractivity contribution is -0.145. The van der Waals surface area contributed by atoms with Crippen molar-refractivity contribution in [3.05, 3.63) is 82.9 Å². The molecule has 3 N–H and O–H groups in total. The minimum Gasteiger partial charge on any atom is -0.496 e. The van der Waals surface area contributed by atoms with Crippen molar-refractivity contribution in [1.29, 1.82) is 0 Å². The number of methoxy groups -OCH3 is 2. The van der Waals surface area contributed by atoms with E-state index in [2.05, 4.69) is 42.6 Å². The maximum atomic E-state index is 11.5. The summed E-state index contributed by atoms with van der Waals surface area (Å²) >= 11 is 0. The van der Waals surface area contributed by atoms with Gasteiger partial charge in [0.1, 0.15) is 17.0 Å². The van der Waals surface area contributed by atoms with Gasteiger partial charge in [0, 0.05) is 12.1 Å². The second-order valence-corrected chi connectivity index (χ2v) is 8.27. The Hall–Kier alpha value is -3.61. The van der Waals surface area contributed by atoms with E-state index in [4.69, 9.17) is 9.47 Å². The highest BCUT2D eigenvalue weighted by Crippen LogP contribution is 2.32. The van der Waals surface area contributed by atoms with Gasteiger partial charge in [0.05, 0.1) is 20.8 Å². The maximum Gasteiger partial charge on any atom is 0.326 e. The third kappa shape index (κ3) is 5.47. The van der Waals surface area contributed by atoms with Gasteiger partial charge in [-0.2, -0.15) is 0 Å². The van der Waals surface area contributed by atoms with Crippen molar-refractivity contribution in [2.45, 2.75) is 25.9 Å². The Balaban J connectivity index is 1.91. The number of aliphatic hydroxyl groups excluding tert-OH is 1. The van der Waals surface area contributed by atoms with Gasteiger partial charge in [0.25, 0.3) is 0 Å². The van der Waals surface area contributed by atoms with Gasteiger partial charge in [0.15, 0.2) is 0 Å². The van der Waals surface area contributed by atoms with E-state index in [1.54, 1.807) is 14.2 Å². The van der Waals surface area contributed by atoms with Gasteiger partial charge in [-0.1, -0.05) is 60.7 Å². The number of hydrogen-bond donors (Lipinski definition) is 3. The summed E-state index contributed by atoms with van der Waals surface area (Å²) in [5.41, 5.74) is 4.72. The number of rotatable bonds is 10. The van der Waals surface area contributed by atoms with Crippen molar-refractivity contribution in [2.24, 2.45) is 0 Å². The lowest BCUT2D eigenvalue weighted by Gasteiger charge is -2.25. The van der Waals surface area contributed by atoms with E-state index in [-0.39, 0.29) is 6.54 Å². The van der Waals surface area contributed by atoms with Crippen molar-refractivity contribution in [3.63, 3.8) is 0 Å². The van der Waals surface area contributed by atoms with Gasteiger partial charge >= 0.3 is 5.97 Å².